The molecule has 8 amide bonds. The number of hydrogen-bond acceptors (Lipinski definition) is 24. The van der Waals surface area contributed by atoms with E-state index in [2.05, 4.69) is 44.0 Å². The van der Waals surface area contributed by atoms with Gasteiger partial charge in [-0.15, -0.1) is 0 Å². The molecule has 30 nitrogen and oxygen atoms in total. The standard InChI is InChI=1S/C78H103N9O21S/c1-41(2)26-50(69(100)81-34-56(92)84-49-28-59(107-44(6)64(49)95)108-53-32-78(105,55(91)36-88)31-48-61(53)68(99)63-62(66(48)97)65(96)47-21-16-22-52(106-11)60(47)67(63)98)86-70(101)51(27-45-18-14-13-15-19-45)85-57(93)35-83-73(104)77(10,76(9,40-80)30-42(3)4)38-75(8,72(103)82-33-43(5)89)37-74(7,39-79)24-23-46(90)20-17-25-87-58(94)29-54(109-12)71(87)102/h13-16,18-19,21-22,41-44,49-51,53-54,59,64,88-89,95,97,99,105H,17,20,23-38H2,1-12H3,(H,81,100)(H,82,103)(H,83,104)(H,84,92)(H,85,93)(H,86,101)/t43?,44?,49?,50?,51?,53-,54?,59?,64?,74?,75?,76?,77?,78-/m1/s1. The summed E-state index contributed by atoms with van der Waals surface area (Å²) in [6.07, 6.45) is -7.36. The smallest absolute Gasteiger partial charge is 0.243 e. The zero-order valence-electron chi connectivity index (χ0n) is 63.8. The van der Waals surface area contributed by atoms with E-state index in [-0.39, 0.29) is 135 Å². The van der Waals surface area contributed by atoms with Crippen LogP contribution in [-0.4, -0.2) is 206 Å². The van der Waals surface area contributed by atoms with Gasteiger partial charge in [0.2, 0.25) is 53.0 Å². The van der Waals surface area contributed by atoms with E-state index in [4.69, 9.17) is 14.2 Å². The number of amides is 8. The van der Waals surface area contributed by atoms with Gasteiger partial charge in [0.1, 0.15) is 53.4 Å². The molecule has 3 aromatic rings. The highest BCUT2D eigenvalue weighted by molar-refractivity contribution is 8.00. The normalized spacial score (nSPS) is 22.6. The third-order valence-corrected chi connectivity index (χ3v) is 22.1. The lowest BCUT2D eigenvalue weighted by atomic mass is 9.54. The molecule has 2 aliphatic heterocycles. The third-order valence-electron chi connectivity index (χ3n) is 21.2. The Morgan fingerprint density at radius 1 is 0.798 bits per heavy atom. The van der Waals surface area contributed by atoms with Gasteiger partial charge < -0.3 is 76.8 Å². The summed E-state index contributed by atoms with van der Waals surface area (Å²) in [6.45, 7) is 13.3. The molecular formula is C78H103N9O21S. The van der Waals surface area contributed by atoms with Crippen molar-refractivity contribution in [2.45, 2.75) is 212 Å². The number of aromatic hydroxyl groups is 2. The molecule has 2 heterocycles. The summed E-state index contributed by atoms with van der Waals surface area (Å²) < 4.78 is 17.7. The first-order chi connectivity index (χ1) is 51.2. The van der Waals surface area contributed by atoms with Gasteiger partial charge in [0.25, 0.3) is 0 Å². The molecule has 2 aliphatic carbocycles. The van der Waals surface area contributed by atoms with Crippen LogP contribution < -0.4 is 36.6 Å². The number of nitriles is 2. The van der Waals surface area contributed by atoms with E-state index in [1.54, 1.807) is 64.3 Å². The van der Waals surface area contributed by atoms with Gasteiger partial charge in [-0.2, -0.15) is 22.3 Å². The van der Waals surface area contributed by atoms with Gasteiger partial charge in [-0.1, -0.05) is 77.1 Å². The fourth-order valence-electron chi connectivity index (χ4n) is 15.3. The number of methoxy groups -OCH3 is 1. The molecule has 109 heavy (non-hydrogen) atoms. The minimum Gasteiger partial charge on any atom is -0.507 e. The number of aliphatic hydroxyl groups excluding tert-OH is 3. The number of nitrogens with zero attached hydrogens (tertiary/aromatic N) is 3. The molecule has 0 radical (unpaired) electrons. The van der Waals surface area contributed by atoms with Crippen LogP contribution in [0.2, 0.25) is 0 Å². The highest BCUT2D eigenvalue weighted by atomic mass is 32.2. The number of thioether (sulfide) groups is 1. The first kappa shape index (κ1) is 87.0. The quantitative estimate of drug-likeness (QED) is 0.0226. The van der Waals surface area contributed by atoms with Crippen LogP contribution >= 0.6 is 11.8 Å². The fourth-order valence-corrected chi connectivity index (χ4v) is 16.0. The average molecular weight is 1530 g/mol. The Labute approximate surface area is 637 Å². The minimum atomic E-state index is -2.48. The van der Waals surface area contributed by atoms with Crippen molar-refractivity contribution >= 4 is 82.2 Å². The number of rotatable bonds is 37. The van der Waals surface area contributed by atoms with Crippen LogP contribution in [0.3, 0.4) is 0 Å². The maximum Gasteiger partial charge on any atom is 0.243 e. The average Bonchev–Trinajstić information content (AvgIpc) is 1.05. The first-order valence-electron chi connectivity index (χ1n) is 36.6. The van der Waals surface area contributed by atoms with Crippen molar-refractivity contribution in [3.05, 3.63) is 87.5 Å². The van der Waals surface area contributed by atoms with Crippen LogP contribution in [0.1, 0.15) is 195 Å². The van der Waals surface area contributed by atoms with E-state index in [0.29, 0.717) is 5.56 Å². The SMILES string of the molecule is COc1cccc2c1C(=O)c1c(O)c3c(c(O)c1C2=O)C[C@](O)(C(=O)CO)C[C@H]3OC1CC(NC(=O)CNC(=O)C(CC(C)C)NC(=O)C(Cc2ccccc2)NC(=O)CNC(=O)C(C)(CC(C)(CC(C)(C#N)CCC(=O)CCCN2C(=O)CC(SC)C2=O)C(=O)NCC(C)O)C(C)(C#N)CC(C)C)C(O)C(C)O1. The number of carbonyl (C=O) groups is 12. The molecule has 0 spiro atoms. The summed E-state index contributed by atoms with van der Waals surface area (Å²) in [7, 11) is 1.27. The molecule has 12 N–H and O–H groups in total. The van der Waals surface area contributed by atoms with Crippen LogP contribution in [-0.2, 0) is 70.3 Å². The number of hydrogen-bond donors (Lipinski definition) is 12. The van der Waals surface area contributed by atoms with E-state index >= 15 is 4.79 Å². The molecule has 14 atom stereocenters. The second-order valence-corrected chi connectivity index (χ2v) is 32.1. The van der Waals surface area contributed by atoms with Gasteiger partial charge in [0, 0.05) is 80.1 Å². The second-order valence-electron chi connectivity index (χ2n) is 31.0. The molecule has 2 fully saturated rings. The van der Waals surface area contributed by atoms with Crippen LogP contribution in [0.15, 0.2) is 48.5 Å². The Bertz CT molecular complexity index is 4070. The van der Waals surface area contributed by atoms with E-state index < -0.39 is 196 Å². The van der Waals surface area contributed by atoms with Crippen LogP contribution in [0.4, 0.5) is 0 Å². The van der Waals surface area contributed by atoms with Crippen molar-refractivity contribution in [1.82, 2.24) is 36.8 Å². The topological polar surface area (TPSA) is 477 Å². The van der Waals surface area contributed by atoms with Crippen molar-refractivity contribution < 1.29 is 102 Å². The monoisotopic (exact) mass is 1530 g/mol. The molecule has 0 bridgehead atoms. The number of carbonyl (C=O) groups excluding carboxylic acids is 12. The molecule has 7 rings (SSSR count). The van der Waals surface area contributed by atoms with Crippen molar-refractivity contribution in [2.24, 2.45) is 33.5 Å². The van der Waals surface area contributed by atoms with Crippen LogP contribution in [0.25, 0.3) is 0 Å². The number of phenolic OH excluding ortho intramolecular Hbond substituents is 2. The van der Waals surface area contributed by atoms with Gasteiger partial charge in [-0.3, -0.25) is 62.4 Å². The summed E-state index contributed by atoms with van der Waals surface area (Å²) in [5.41, 5.74) is -10.7. The van der Waals surface area contributed by atoms with E-state index in [0.717, 1.165) is 4.90 Å². The molecule has 3 aromatic carbocycles. The highest BCUT2D eigenvalue weighted by Gasteiger charge is 2.57. The number of ketones is 4. The lowest BCUT2D eigenvalue weighted by molar-refractivity contribution is -0.249. The maximum atomic E-state index is 15.2. The Morgan fingerprint density at radius 2 is 1.47 bits per heavy atom. The van der Waals surface area contributed by atoms with Gasteiger partial charge in [-0.05, 0) is 103 Å². The molecule has 4 aliphatic rings. The molecule has 0 saturated carbocycles. The van der Waals surface area contributed by atoms with Crippen molar-refractivity contribution in [3.63, 3.8) is 0 Å². The predicted octanol–water partition coefficient (Wildman–Crippen LogP) is 3.67. The minimum absolute atomic E-state index is 0.00217. The number of nitrogens with one attached hydrogen (secondary N) is 6. The Kier molecular flexibility index (Phi) is 29.2. The first-order valence-corrected chi connectivity index (χ1v) is 37.8. The van der Waals surface area contributed by atoms with Gasteiger partial charge in [-0.25, -0.2) is 0 Å². The molecule has 592 valence electrons. The number of phenols is 2. The zero-order chi connectivity index (χ0) is 81.0. The van der Waals surface area contributed by atoms with Crippen molar-refractivity contribution in [1.29, 1.82) is 10.5 Å². The number of ether oxygens (including phenoxy) is 3. The van der Waals surface area contributed by atoms with Gasteiger partial charge in [0.15, 0.2) is 17.9 Å². The molecule has 31 heteroatoms. The summed E-state index contributed by atoms with van der Waals surface area (Å²) in [5.74, 6) is -10.9. The lowest BCUT2D eigenvalue weighted by Crippen LogP contribution is -2.58. The Hall–Kier alpha value is -9.21. The number of aliphatic hydroxyl groups is 4. The fraction of sp³-hybridized carbons (Fsp3) is 0.590. The lowest BCUT2D eigenvalue weighted by Gasteiger charge is -2.47. The van der Waals surface area contributed by atoms with E-state index in [1.807, 2.05) is 13.8 Å². The number of fused-ring (bicyclic) bond motifs is 3. The molecule has 12 unspecified atom stereocenters. The van der Waals surface area contributed by atoms with Crippen molar-refractivity contribution in [3.8, 4) is 29.4 Å². The molecular weight excluding hydrogens is 1430 g/mol. The number of benzene rings is 3. The predicted molar refractivity (Wildman–Crippen MR) is 394 cm³/mol. The van der Waals surface area contributed by atoms with Crippen LogP contribution in [0, 0.1) is 56.2 Å². The molecule has 0 aromatic heterocycles. The van der Waals surface area contributed by atoms with Crippen LogP contribution in [0.5, 0.6) is 17.2 Å². The number of Topliss-reactive ketones (excluding diaryl/α,β-unsaturated/α-hetero) is 2. The second kappa shape index (κ2) is 36.5. The summed E-state index contributed by atoms with van der Waals surface area (Å²) in [4.78, 5) is 168. The molecule has 2 saturated heterocycles. The third kappa shape index (κ3) is 20.2. The number of imide groups is 1. The number of likely N-dealkylation sites (tertiary alicyclic amines) is 1. The summed E-state index contributed by atoms with van der Waals surface area (Å²) in [5, 5.41) is 105. The van der Waals surface area contributed by atoms with Gasteiger partial charge in [0.05, 0.1) is 94.9 Å². The largest absolute Gasteiger partial charge is 0.507 e. The van der Waals surface area contributed by atoms with E-state index in [9.17, 15) is 93.9 Å². The van der Waals surface area contributed by atoms with Gasteiger partial charge >= 0.3 is 0 Å². The van der Waals surface area contributed by atoms with Crippen molar-refractivity contribution in [2.75, 3.05) is 46.2 Å². The summed E-state index contributed by atoms with van der Waals surface area (Å²) in [6, 6.07) is 13.3. The Balaban J connectivity index is 1.05. The Morgan fingerprint density at radius 3 is 2.07 bits per heavy atom. The van der Waals surface area contributed by atoms with E-state index in [1.165, 1.54) is 64.8 Å². The summed E-state index contributed by atoms with van der Waals surface area (Å²) >= 11 is 1.27. The zero-order valence-corrected chi connectivity index (χ0v) is 64.6. The highest BCUT2D eigenvalue weighted by Crippen LogP contribution is 2.55. The maximum absolute atomic E-state index is 15.2.